The number of hydrogen-bond donors (Lipinski definition) is 2. The van der Waals surface area contributed by atoms with Crippen molar-refractivity contribution in [2.75, 3.05) is 62.1 Å². The quantitative estimate of drug-likeness (QED) is 0.541. The smallest absolute Gasteiger partial charge is 0.251 e. The lowest BCUT2D eigenvalue weighted by molar-refractivity contribution is -0.0461. The molecule has 3 unspecified atom stereocenters. The highest BCUT2D eigenvalue weighted by Gasteiger charge is 2.33. The summed E-state index contributed by atoms with van der Waals surface area (Å²) in [6, 6.07) is 6.63. The molecule has 0 bridgehead atoms. The van der Waals surface area contributed by atoms with Crippen molar-refractivity contribution in [1.82, 2.24) is 20.2 Å². The number of nitrogens with zero attached hydrogens (tertiary/aromatic N) is 5. The molecule has 1 amide bonds. The summed E-state index contributed by atoms with van der Waals surface area (Å²) in [7, 11) is 3.69. The first-order valence-electron chi connectivity index (χ1n) is 13.8. The maximum Gasteiger partial charge on any atom is 0.251 e. The summed E-state index contributed by atoms with van der Waals surface area (Å²) >= 11 is 0. The van der Waals surface area contributed by atoms with Gasteiger partial charge in [0, 0.05) is 50.4 Å². The summed E-state index contributed by atoms with van der Waals surface area (Å²) in [6.45, 7) is 10.8. The van der Waals surface area contributed by atoms with Gasteiger partial charge in [0.2, 0.25) is 5.95 Å². The predicted molar refractivity (Wildman–Crippen MR) is 150 cm³/mol. The highest BCUT2D eigenvalue weighted by atomic mass is 16.5. The summed E-state index contributed by atoms with van der Waals surface area (Å²) < 4.78 is 11.6. The number of amides is 1. The van der Waals surface area contributed by atoms with Crippen molar-refractivity contribution in [2.24, 2.45) is 0 Å². The normalized spacial score (nSPS) is 23.3. The molecule has 1 aromatic heterocycles. The van der Waals surface area contributed by atoms with Crippen molar-refractivity contribution < 1.29 is 14.3 Å². The standard InChI is InChI=1S/C28H41N7O3/c1-6-20-15-33(4)24-14-30-28(32-26(24)35(20)18(2)3)31-23-10-9-19(12-25(23)37-5)27(36)29-13-22-16-34-11-7-8-21(34)17-38-22/h9-10,12,14,18,20-22H,6-8,11,13,15-17H2,1-5H3,(H,29,36)(H,30,31,32). The molecule has 3 aliphatic rings. The van der Waals surface area contributed by atoms with Crippen LogP contribution in [0.15, 0.2) is 24.4 Å². The Hall–Kier alpha value is -3.11. The fourth-order valence-corrected chi connectivity index (χ4v) is 5.93. The second-order valence-electron chi connectivity index (χ2n) is 10.8. The summed E-state index contributed by atoms with van der Waals surface area (Å²) in [5, 5.41) is 6.33. The van der Waals surface area contributed by atoms with E-state index in [0.29, 0.717) is 47.6 Å². The number of likely N-dealkylation sites (N-methyl/N-ethyl adjacent to an activating group) is 1. The summed E-state index contributed by atoms with van der Waals surface area (Å²) in [6.07, 6.45) is 5.38. The van der Waals surface area contributed by atoms with Gasteiger partial charge in [0.15, 0.2) is 5.82 Å². The van der Waals surface area contributed by atoms with E-state index in [1.54, 1.807) is 19.2 Å². The van der Waals surface area contributed by atoms with E-state index in [1.807, 2.05) is 12.3 Å². The van der Waals surface area contributed by atoms with Crippen LogP contribution in [0.1, 0.15) is 50.4 Å². The largest absolute Gasteiger partial charge is 0.495 e. The van der Waals surface area contributed by atoms with E-state index in [2.05, 4.69) is 58.1 Å². The first-order valence-corrected chi connectivity index (χ1v) is 13.8. The van der Waals surface area contributed by atoms with Gasteiger partial charge in [-0.3, -0.25) is 9.69 Å². The van der Waals surface area contributed by atoms with Crippen LogP contribution in [-0.2, 0) is 4.74 Å². The molecule has 3 aliphatic heterocycles. The number of fused-ring (bicyclic) bond motifs is 2. The Morgan fingerprint density at radius 2 is 2.13 bits per heavy atom. The Bertz CT molecular complexity index is 1140. The number of methoxy groups -OCH3 is 1. The van der Waals surface area contributed by atoms with Crippen LogP contribution >= 0.6 is 0 Å². The van der Waals surface area contributed by atoms with Gasteiger partial charge in [0.25, 0.3) is 5.91 Å². The lowest BCUT2D eigenvalue weighted by Gasteiger charge is -2.44. The van der Waals surface area contributed by atoms with Crippen molar-refractivity contribution >= 4 is 29.0 Å². The average Bonchev–Trinajstić information content (AvgIpc) is 3.39. The van der Waals surface area contributed by atoms with E-state index in [1.165, 1.54) is 12.8 Å². The molecule has 0 aliphatic carbocycles. The van der Waals surface area contributed by atoms with E-state index in [4.69, 9.17) is 14.5 Å². The van der Waals surface area contributed by atoms with Crippen LogP contribution in [0.5, 0.6) is 5.75 Å². The van der Waals surface area contributed by atoms with Gasteiger partial charge in [-0.05, 0) is 57.9 Å². The Labute approximate surface area is 225 Å². The molecule has 2 saturated heterocycles. The van der Waals surface area contributed by atoms with Crippen LogP contribution in [0, 0.1) is 0 Å². The van der Waals surface area contributed by atoms with Gasteiger partial charge in [0.05, 0.1) is 37.4 Å². The number of benzene rings is 1. The molecule has 2 fully saturated rings. The average molecular weight is 524 g/mol. The van der Waals surface area contributed by atoms with Crippen molar-refractivity contribution in [3.63, 3.8) is 0 Å². The predicted octanol–water partition coefficient (Wildman–Crippen LogP) is 3.27. The molecule has 5 rings (SSSR count). The zero-order valence-electron chi connectivity index (χ0n) is 23.2. The van der Waals surface area contributed by atoms with E-state index >= 15 is 0 Å². The van der Waals surface area contributed by atoms with Crippen LogP contribution in [0.2, 0.25) is 0 Å². The third-order valence-corrected chi connectivity index (χ3v) is 7.97. The first kappa shape index (κ1) is 26.5. The topological polar surface area (TPSA) is 95.1 Å². The molecule has 0 saturated carbocycles. The minimum Gasteiger partial charge on any atom is -0.495 e. The number of carbonyl (C=O) groups excluding carboxylic acids is 1. The zero-order valence-corrected chi connectivity index (χ0v) is 23.2. The SMILES string of the molecule is CCC1CN(C)c2cnc(Nc3ccc(C(=O)NCC4CN5CCCC5CO4)cc3OC)nc2N1C(C)C. The summed E-state index contributed by atoms with van der Waals surface area (Å²) in [5.74, 6) is 1.83. The van der Waals surface area contributed by atoms with E-state index in [0.717, 1.165) is 44.2 Å². The van der Waals surface area contributed by atoms with Gasteiger partial charge >= 0.3 is 0 Å². The number of hydrogen-bond acceptors (Lipinski definition) is 9. The lowest BCUT2D eigenvalue weighted by atomic mass is 10.1. The van der Waals surface area contributed by atoms with Gasteiger partial charge in [-0.2, -0.15) is 4.98 Å². The summed E-state index contributed by atoms with van der Waals surface area (Å²) in [4.78, 5) is 29.5. The van der Waals surface area contributed by atoms with E-state index in [-0.39, 0.29) is 12.0 Å². The van der Waals surface area contributed by atoms with E-state index < -0.39 is 0 Å². The van der Waals surface area contributed by atoms with Crippen molar-refractivity contribution in [3.05, 3.63) is 30.0 Å². The molecule has 10 nitrogen and oxygen atoms in total. The molecule has 10 heteroatoms. The molecule has 0 spiro atoms. The molecule has 2 N–H and O–H groups in total. The molecule has 38 heavy (non-hydrogen) atoms. The maximum atomic E-state index is 12.9. The van der Waals surface area contributed by atoms with Gasteiger partial charge in [0.1, 0.15) is 5.75 Å². The fourth-order valence-electron chi connectivity index (χ4n) is 5.93. The summed E-state index contributed by atoms with van der Waals surface area (Å²) in [5.41, 5.74) is 2.26. The van der Waals surface area contributed by atoms with Crippen molar-refractivity contribution in [3.8, 4) is 5.75 Å². The molecule has 1 aromatic carbocycles. The zero-order chi connectivity index (χ0) is 26.8. The number of anilines is 4. The second kappa shape index (κ2) is 11.3. The Balaban J connectivity index is 1.27. The highest BCUT2D eigenvalue weighted by Crippen LogP contribution is 2.36. The van der Waals surface area contributed by atoms with Gasteiger partial charge in [-0.25, -0.2) is 4.98 Å². The third kappa shape index (κ3) is 5.37. The Kier molecular flexibility index (Phi) is 7.90. The monoisotopic (exact) mass is 523 g/mol. The fraction of sp³-hybridized carbons (Fsp3) is 0.607. The van der Waals surface area contributed by atoms with Crippen LogP contribution in [0.4, 0.5) is 23.1 Å². The number of morpholine rings is 1. The molecule has 4 heterocycles. The molecule has 2 aromatic rings. The minimum absolute atomic E-state index is 0.0223. The minimum atomic E-state index is -0.145. The maximum absolute atomic E-state index is 12.9. The van der Waals surface area contributed by atoms with Gasteiger partial charge < -0.3 is 29.9 Å². The Morgan fingerprint density at radius 1 is 1.29 bits per heavy atom. The van der Waals surface area contributed by atoms with Crippen LogP contribution in [-0.4, -0.2) is 91.9 Å². The first-order chi connectivity index (χ1) is 18.4. The van der Waals surface area contributed by atoms with Gasteiger partial charge in [-0.1, -0.05) is 6.92 Å². The van der Waals surface area contributed by atoms with Crippen LogP contribution < -0.4 is 25.2 Å². The molecule has 3 atom stereocenters. The van der Waals surface area contributed by atoms with E-state index in [9.17, 15) is 4.79 Å². The van der Waals surface area contributed by atoms with Crippen molar-refractivity contribution in [2.45, 2.75) is 64.3 Å². The molecule has 0 radical (unpaired) electrons. The highest BCUT2D eigenvalue weighted by molar-refractivity contribution is 5.95. The molecular weight excluding hydrogens is 482 g/mol. The molecule has 206 valence electrons. The number of nitrogens with one attached hydrogen (secondary N) is 2. The number of ether oxygens (including phenoxy) is 2. The van der Waals surface area contributed by atoms with Crippen molar-refractivity contribution in [1.29, 1.82) is 0 Å². The van der Waals surface area contributed by atoms with Crippen LogP contribution in [0.3, 0.4) is 0 Å². The lowest BCUT2D eigenvalue weighted by Crippen LogP contribution is -2.51. The third-order valence-electron chi connectivity index (χ3n) is 7.97. The number of aromatic nitrogens is 2. The van der Waals surface area contributed by atoms with Crippen LogP contribution in [0.25, 0.3) is 0 Å². The number of rotatable bonds is 8. The Morgan fingerprint density at radius 3 is 2.89 bits per heavy atom. The second-order valence-corrected chi connectivity index (χ2v) is 10.8. The van der Waals surface area contributed by atoms with Gasteiger partial charge in [-0.15, -0.1) is 0 Å². The number of carbonyl (C=O) groups is 1. The molecular formula is C28H41N7O3.